The summed E-state index contributed by atoms with van der Waals surface area (Å²) in [4.78, 5) is 12.0. The molecule has 0 amide bonds. The molecule has 0 spiro atoms. The number of benzene rings is 1. The van der Waals surface area contributed by atoms with E-state index in [0.29, 0.717) is 18.8 Å². The van der Waals surface area contributed by atoms with Crippen LogP contribution in [0.2, 0.25) is 0 Å². The highest BCUT2D eigenvalue weighted by atomic mass is 16.5. The highest BCUT2D eigenvalue weighted by Crippen LogP contribution is 2.26. The Morgan fingerprint density at radius 3 is 2.41 bits per heavy atom. The molecule has 120 valence electrons. The van der Waals surface area contributed by atoms with E-state index in [1.54, 1.807) is 0 Å². The van der Waals surface area contributed by atoms with Crippen molar-refractivity contribution in [3.63, 3.8) is 0 Å². The Hall–Kier alpha value is -1.75. The zero-order chi connectivity index (χ0) is 16.6. The molecule has 0 saturated carbocycles. The third-order valence-corrected chi connectivity index (χ3v) is 3.27. The molecule has 1 rings (SSSR count). The number of hydrogen-bond donors (Lipinski definition) is 0. The summed E-state index contributed by atoms with van der Waals surface area (Å²) < 4.78 is 5.49. The van der Waals surface area contributed by atoms with E-state index in [-0.39, 0.29) is 17.5 Å². The molecular weight excluding hydrogens is 272 g/mol. The smallest absolute Gasteiger partial charge is 0.307 e. The maximum Gasteiger partial charge on any atom is 0.307 e. The maximum atomic E-state index is 12.0. The second kappa shape index (κ2) is 8.63. The molecule has 22 heavy (non-hydrogen) atoms. The highest BCUT2D eigenvalue weighted by Gasteiger charge is 2.19. The van der Waals surface area contributed by atoms with Gasteiger partial charge in [-0.25, -0.2) is 0 Å². The molecule has 0 fully saturated rings. The van der Waals surface area contributed by atoms with E-state index in [2.05, 4.69) is 39.5 Å². The Balaban J connectivity index is 2.52. The monoisotopic (exact) mass is 300 g/mol. The van der Waals surface area contributed by atoms with Gasteiger partial charge in [0.2, 0.25) is 0 Å². The normalized spacial score (nSPS) is 13.7. The number of rotatable bonds is 5. The molecule has 2 heteroatoms. The van der Waals surface area contributed by atoms with E-state index in [1.807, 2.05) is 37.3 Å². The SMILES string of the molecule is CCC(C#Cc1ccccc1)OC(=O)CC(C)CC(C)(C)C. The lowest BCUT2D eigenvalue weighted by molar-refractivity contribution is -0.147. The fourth-order valence-corrected chi connectivity index (χ4v) is 2.51. The first-order valence-corrected chi connectivity index (χ1v) is 8.06. The van der Waals surface area contributed by atoms with Gasteiger partial charge in [0.15, 0.2) is 6.10 Å². The van der Waals surface area contributed by atoms with Crippen molar-refractivity contribution in [3.05, 3.63) is 35.9 Å². The van der Waals surface area contributed by atoms with Crippen molar-refractivity contribution < 1.29 is 9.53 Å². The van der Waals surface area contributed by atoms with Gasteiger partial charge in [-0.05, 0) is 36.3 Å². The fourth-order valence-electron chi connectivity index (χ4n) is 2.51. The Morgan fingerprint density at radius 1 is 1.23 bits per heavy atom. The molecule has 0 N–H and O–H groups in total. The van der Waals surface area contributed by atoms with Crippen LogP contribution >= 0.6 is 0 Å². The van der Waals surface area contributed by atoms with Crippen molar-refractivity contribution >= 4 is 5.97 Å². The molecule has 2 nitrogen and oxygen atoms in total. The Kier molecular flexibility index (Phi) is 7.18. The zero-order valence-electron chi connectivity index (χ0n) is 14.5. The average Bonchev–Trinajstić information content (AvgIpc) is 2.42. The number of esters is 1. The predicted octanol–water partition coefficient (Wildman–Crippen LogP) is 4.82. The van der Waals surface area contributed by atoms with Crippen LogP contribution in [0.1, 0.15) is 59.4 Å². The van der Waals surface area contributed by atoms with Crippen LogP contribution in [0, 0.1) is 23.2 Å². The summed E-state index contributed by atoms with van der Waals surface area (Å²) in [5, 5.41) is 0. The van der Waals surface area contributed by atoms with Gasteiger partial charge in [-0.3, -0.25) is 4.79 Å². The molecular formula is C20H28O2. The summed E-state index contributed by atoms with van der Waals surface area (Å²) in [6.45, 7) is 10.7. The van der Waals surface area contributed by atoms with Gasteiger partial charge in [-0.2, -0.15) is 0 Å². The number of hydrogen-bond acceptors (Lipinski definition) is 2. The van der Waals surface area contributed by atoms with Crippen LogP contribution in [0.5, 0.6) is 0 Å². The van der Waals surface area contributed by atoms with Crippen molar-refractivity contribution in [2.75, 3.05) is 0 Å². The van der Waals surface area contributed by atoms with Crippen molar-refractivity contribution in [2.24, 2.45) is 11.3 Å². The van der Waals surface area contributed by atoms with E-state index in [0.717, 1.165) is 12.0 Å². The van der Waals surface area contributed by atoms with Crippen molar-refractivity contribution in [1.82, 2.24) is 0 Å². The summed E-state index contributed by atoms with van der Waals surface area (Å²) in [5.74, 6) is 6.29. The van der Waals surface area contributed by atoms with Crippen molar-refractivity contribution in [2.45, 2.75) is 60.0 Å². The Labute approximate surface area is 135 Å². The lowest BCUT2D eigenvalue weighted by Crippen LogP contribution is -2.20. The minimum atomic E-state index is -0.324. The van der Waals surface area contributed by atoms with Gasteiger partial charge in [0.25, 0.3) is 0 Å². The predicted molar refractivity (Wildman–Crippen MR) is 91.3 cm³/mol. The quantitative estimate of drug-likeness (QED) is 0.575. The highest BCUT2D eigenvalue weighted by molar-refractivity contribution is 5.70. The molecule has 0 saturated heterocycles. The van der Waals surface area contributed by atoms with E-state index in [1.165, 1.54) is 0 Å². The first-order valence-electron chi connectivity index (χ1n) is 8.06. The van der Waals surface area contributed by atoms with E-state index in [9.17, 15) is 4.79 Å². The van der Waals surface area contributed by atoms with E-state index >= 15 is 0 Å². The second-order valence-corrected chi connectivity index (χ2v) is 7.10. The Morgan fingerprint density at radius 2 is 1.86 bits per heavy atom. The zero-order valence-corrected chi connectivity index (χ0v) is 14.5. The van der Waals surface area contributed by atoms with Gasteiger partial charge in [-0.15, -0.1) is 0 Å². The van der Waals surface area contributed by atoms with Gasteiger partial charge in [0.05, 0.1) is 0 Å². The van der Waals surface area contributed by atoms with Crippen molar-refractivity contribution in [1.29, 1.82) is 0 Å². The first kappa shape index (κ1) is 18.3. The van der Waals surface area contributed by atoms with Crippen LogP contribution < -0.4 is 0 Å². The standard InChI is InChI=1S/C20H28O2/c1-6-18(13-12-17-10-8-7-9-11-17)22-19(21)14-16(2)15-20(3,4)5/h7-11,16,18H,6,14-15H2,1-5H3. The van der Waals surface area contributed by atoms with Crippen LogP contribution in [-0.4, -0.2) is 12.1 Å². The molecule has 1 aromatic rings. The minimum absolute atomic E-state index is 0.147. The van der Waals surface area contributed by atoms with Gasteiger partial charge >= 0.3 is 5.97 Å². The van der Waals surface area contributed by atoms with Gasteiger partial charge in [-0.1, -0.05) is 64.7 Å². The van der Waals surface area contributed by atoms with E-state index < -0.39 is 0 Å². The van der Waals surface area contributed by atoms with Crippen LogP contribution in [0.3, 0.4) is 0 Å². The molecule has 2 atom stereocenters. The van der Waals surface area contributed by atoms with Crippen LogP contribution in [0.25, 0.3) is 0 Å². The number of ether oxygens (including phenoxy) is 1. The molecule has 0 aliphatic heterocycles. The third kappa shape index (κ3) is 7.88. The van der Waals surface area contributed by atoms with Crippen LogP contribution in [0.4, 0.5) is 0 Å². The van der Waals surface area contributed by atoms with Crippen LogP contribution in [0.15, 0.2) is 30.3 Å². The van der Waals surface area contributed by atoms with E-state index in [4.69, 9.17) is 4.74 Å². The first-order chi connectivity index (χ1) is 10.3. The lowest BCUT2D eigenvalue weighted by Gasteiger charge is -2.23. The average molecular weight is 300 g/mol. The lowest BCUT2D eigenvalue weighted by atomic mass is 9.84. The third-order valence-electron chi connectivity index (χ3n) is 3.27. The van der Waals surface area contributed by atoms with Crippen molar-refractivity contribution in [3.8, 4) is 11.8 Å². The molecule has 0 aliphatic rings. The fraction of sp³-hybridized carbons (Fsp3) is 0.550. The Bertz CT molecular complexity index is 514. The molecule has 1 aromatic carbocycles. The summed E-state index contributed by atoms with van der Waals surface area (Å²) >= 11 is 0. The summed E-state index contributed by atoms with van der Waals surface area (Å²) in [6.07, 6.45) is 1.85. The number of carbonyl (C=O) groups is 1. The number of carbonyl (C=O) groups excluding carboxylic acids is 1. The summed E-state index contributed by atoms with van der Waals surface area (Å²) in [5.41, 5.74) is 1.18. The van der Waals surface area contributed by atoms with Gasteiger partial charge in [0.1, 0.15) is 0 Å². The van der Waals surface area contributed by atoms with Gasteiger partial charge in [0, 0.05) is 12.0 Å². The molecule has 2 unspecified atom stereocenters. The summed E-state index contributed by atoms with van der Waals surface area (Å²) in [7, 11) is 0. The second-order valence-electron chi connectivity index (χ2n) is 7.10. The minimum Gasteiger partial charge on any atom is -0.449 e. The van der Waals surface area contributed by atoms with Gasteiger partial charge < -0.3 is 4.74 Å². The summed E-state index contributed by atoms with van der Waals surface area (Å²) in [6, 6.07) is 9.76. The molecule has 0 aromatic heterocycles. The topological polar surface area (TPSA) is 26.3 Å². The molecule has 0 heterocycles. The maximum absolute atomic E-state index is 12.0. The van der Waals surface area contributed by atoms with Crippen LogP contribution in [-0.2, 0) is 9.53 Å². The molecule has 0 aliphatic carbocycles. The largest absolute Gasteiger partial charge is 0.449 e. The molecule has 0 bridgehead atoms. The molecule has 0 radical (unpaired) electrons.